The highest BCUT2D eigenvalue weighted by Gasteiger charge is 2.25. The normalized spacial score (nSPS) is 12.0. The van der Waals surface area contributed by atoms with Crippen LogP contribution in [0.25, 0.3) is 0 Å². The van der Waals surface area contributed by atoms with E-state index in [0.717, 1.165) is 5.56 Å². The third-order valence-electron chi connectivity index (χ3n) is 3.58. The largest absolute Gasteiger partial charge is 0.459 e. The Balaban J connectivity index is 1.88. The lowest BCUT2D eigenvalue weighted by atomic mass is 10.0. The number of halogens is 1. The molecule has 0 radical (unpaired) electrons. The number of carbonyl (C=O) groups excluding carboxylic acids is 2. The van der Waals surface area contributed by atoms with Gasteiger partial charge >= 0.3 is 0 Å². The first-order valence-electron chi connectivity index (χ1n) is 7.84. The average Bonchev–Trinajstić information content (AvgIpc) is 3.06. The third-order valence-corrected chi connectivity index (χ3v) is 3.82. The summed E-state index contributed by atoms with van der Waals surface area (Å²) in [6.07, 6.45) is 2.09. The van der Waals surface area contributed by atoms with E-state index in [-0.39, 0.29) is 17.6 Å². The zero-order valence-electron chi connectivity index (χ0n) is 13.7. The standard InChI is InChI=1S/C18H21ClN2O3/c1-12(2)16(21-17(22)15-7-4-10-24-15)18(23)20-9-8-13-5-3-6-14(19)11-13/h3-7,10-12,16H,8-9H2,1-2H3,(H,20,23)(H,21,22). The lowest BCUT2D eigenvalue weighted by Gasteiger charge is -2.21. The van der Waals surface area contributed by atoms with Gasteiger partial charge in [-0.15, -0.1) is 0 Å². The summed E-state index contributed by atoms with van der Waals surface area (Å²) in [5.41, 5.74) is 1.04. The van der Waals surface area contributed by atoms with Crippen molar-refractivity contribution in [2.45, 2.75) is 26.3 Å². The molecule has 0 spiro atoms. The molecule has 2 N–H and O–H groups in total. The van der Waals surface area contributed by atoms with Gasteiger partial charge in [0.05, 0.1) is 6.26 Å². The Morgan fingerprint density at radius 1 is 1.21 bits per heavy atom. The van der Waals surface area contributed by atoms with Crippen LogP contribution in [0.4, 0.5) is 0 Å². The van der Waals surface area contributed by atoms with Crippen LogP contribution in [0.2, 0.25) is 5.02 Å². The molecule has 2 aromatic rings. The number of furan rings is 1. The fourth-order valence-corrected chi connectivity index (χ4v) is 2.50. The van der Waals surface area contributed by atoms with E-state index in [1.807, 2.05) is 38.1 Å². The van der Waals surface area contributed by atoms with E-state index in [4.69, 9.17) is 16.0 Å². The fraction of sp³-hybridized carbons (Fsp3) is 0.333. The molecule has 0 bridgehead atoms. The first kappa shape index (κ1) is 18.1. The molecule has 0 aliphatic carbocycles. The zero-order valence-corrected chi connectivity index (χ0v) is 14.5. The molecule has 1 aromatic heterocycles. The molecule has 24 heavy (non-hydrogen) atoms. The van der Waals surface area contributed by atoms with E-state index in [0.29, 0.717) is 18.0 Å². The molecule has 0 aliphatic heterocycles. The Hall–Kier alpha value is -2.27. The summed E-state index contributed by atoms with van der Waals surface area (Å²) in [4.78, 5) is 24.4. The molecule has 0 saturated heterocycles. The van der Waals surface area contributed by atoms with Gasteiger partial charge in [0.25, 0.3) is 5.91 Å². The summed E-state index contributed by atoms with van der Waals surface area (Å²) in [5, 5.41) is 6.24. The predicted octanol–water partition coefficient (Wildman–Crippen LogP) is 3.05. The van der Waals surface area contributed by atoms with E-state index in [1.54, 1.807) is 12.1 Å². The van der Waals surface area contributed by atoms with Crippen LogP contribution in [0, 0.1) is 5.92 Å². The fourth-order valence-electron chi connectivity index (χ4n) is 2.29. The molecule has 0 aliphatic rings. The number of rotatable bonds is 7. The van der Waals surface area contributed by atoms with Crippen LogP contribution >= 0.6 is 11.6 Å². The summed E-state index contributed by atoms with van der Waals surface area (Å²) in [5.74, 6) is -0.474. The highest BCUT2D eigenvalue weighted by molar-refractivity contribution is 6.30. The topological polar surface area (TPSA) is 71.3 Å². The lowest BCUT2D eigenvalue weighted by molar-refractivity contribution is -0.123. The van der Waals surface area contributed by atoms with Crippen LogP contribution in [0.15, 0.2) is 47.1 Å². The minimum atomic E-state index is -0.623. The van der Waals surface area contributed by atoms with Gasteiger partial charge in [0.15, 0.2) is 5.76 Å². The van der Waals surface area contributed by atoms with Crippen LogP contribution in [0.1, 0.15) is 30.0 Å². The maximum absolute atomic E-state index is 12.4. The van der Waals surface area contributed by atoms with Crippen LogP contribution in [0.5, 0.6) is 0 Å². The molecule has 0 fully saturated rings. The molecular formula is C18H21ClN2O3. The first-order valence-corrected chi connectivity index (χ1v) is 8.21. The predicted molar refractivity (Wildman–Crippen MR) is 93.0 cm³/mol. The number of benzene rings is 1. The monoisotopic (exact) mass is 348 g/mol. The van der Waals surface area contributed by atoms with Gasteiger partial charge in [0.2, 0.25) is 5.91 Å². The zero-order chi connectivity index (χ0) is 17.5. The Bertz CT molecular complexity index is 683. The van der Waals surface area contributed by atoms with Crippen molar-refractivity contribution in [1.82, 2.24) is 10.6 Å². The quantitative estimate of drug-likeness (QED) is 0.807. The Labute approximate surface area is 146 Å². The Morgan fingerprint density at radius 2 is 2.00 bits per heavy atom. The molecule has 1 atom stereocenters. The number of carbonyl (C=O) groups is 2. The van der Waals surface area contributed by atoms with Crippen molar-refractivity contribution in [2.24, 2.45) is 5.92 Å². The van der Waals surface area contributed by atoms with Crippen molar-refractivity contribution in [3.05, 3.63) is 59.0 Å². The van der Waals surface area contributed by atoms with Crippen LogP contribution in [-0.2, 0) is 11.2 Å². The molecule has 0 saturated carbocycles. The van der Waals surface area contributed by atoms with Gasteiger partial charge < -0.3 is 15.1 Å². The maximum Gasteiger partial charge on any atom is 0.287 e. The minimum absolute atomic E-state index is 0.0462. The van der Waals surface area contributed by atoms with Crippen molar-refractivity contribution in [2.75, 3.05) is 6.54 Å². The minimum Gasteiger partial charge on any atom is -0.459 e. The smallest absolute Gasteiger partial charge is 0.287 e. The number of nitrogens with one attached hydrogen (secondary N) is 2. The summed E-state index contributed by atoms with van der Waals surface area (Å²) in [6, 6.07) is 10.1. The van der Waals surface area contributed by atoms with Gasteiger partial charge in [-0.05, 0) is 42.2 Å². The molecule has 128 valence electrons. The van der Waals surface area contributed by atoms with Gasteiger partial charge in [-0.3, -0.25) is 9.59 Å². The summed E-state index contributed by atoms with van der Waals surface area (Å²) in [6.45, 7) is 4.23. The molecule has 2 amide bonds. The van der Waals surface area contributed by atoms with Crippen molar-refractivity contribution in [1.29, 1.82) is 0 Å². The Kier molecular flexibility index (Phi) is 6.44. The van der Waals surface area contributed by atoms with Crippen LogP contribution < -0.4 is 10.6 Å². The summed E-state index contributed by atoms with van der Waals surface area (Å²) in [7, 11) is 0. The molecular weight excluding hydrogens is 328 g/mol. The van der Waals surface area contributed by atoms with Gasteiger partial charge in [-0.25, -0.2) is 0 Å². The van der Waals surface area contributed by atoms with E-state index in [2.05, 4.69) is 10.6 Å². The van der Waals surface area contributed by atoms with E-state index in [9.17, 15) is 9.59 Å². The summed E-state index contributed by atoms with van der Waals surface area (Å²) >= 11 is 5.94. The number of hydrogen-bond acceptors (Lipinski definition) is 3. The van der Waals surface area contributed by atoms with Crippen molar-refractivity contribution >= 4 is 23.4 Å². The maximum atomic E-state index is 12.4. The highest BCUT2D eigenvalue weighted by Crippen LogP contribution is 2.11. The second kappa shape index (κ2) is 8.55. The third kappa shape index (κ3) is 5.13. The molecule has 6 heteroatoms. The molecule has 2 rings (SSSR count). The SMILES string of the molecule is CC(C)C(NC(=O)c1ccco1)C(=O)NCCc1cccc(Cl)c1. The van der Waals surface area contributed by atoms with E-state index < -0.39 is 11.9 Å². The second-order valence-electron chi connectivity index (χ2n) is 5.84. The second-order valence-corrected chi connectivity index (χ2v) is 6.28. The molecule has 1 heterocycles. The van der Waals surface area contributed by atoms with Crippen LogP contribution in [-0.4, -0.2) is 24.4 Å². The number of hydrogen-bond donors (Lipinski definition) is 2. The molecule has 1 unspecified atom stereocenters. The van der Waals surface area contributed by atoms with Crippen molar-refractivity contribution in [3.8, 4) is 0 Å². The van der Waals surface area contributed by atoms with Gasteiger partial charge in [0.1, 0.15) is 6.04 Å². The van der Waals surface area contributed by atoms with Crippen molar-refractivity contribution < 1.29 is 14.0 Å². The van der Waals surface area contributed by atoms with Gasteiger partial charge in [0, 0.05) is 11.6 Å². The highest BCUT2D eigenvalue weighted by atomic mass is 35.5. The van der Waals surface area contributed by atoms with E-state index >= 15 is 0 Å². The Morgan fingerprint density at radius 3 is 2.62 bits per heavy atom. The number of amides is 2. The van der Waals surface area contributed by atoms with Crippen molar-refractivity contribution in [3.63, 3.8) is 0 Å². The van der Waals surface area contributed by atoms with Crippen LogP contribution in [0.3, 0.4) is 0 Å². The van der Waals surface area contributed by atoms with E-state index in [1.165, 1.54) is 6.26 Å². The van der Waals surface area contributed by atoms with Gasteiger partial charge in [-0.1, -0.05) is 37.6 Å². The molecule has 1 aromatic carbocycles. The first-order chi connectivity index (χ1) is 11.5. The lowest BCUT2D eigenvalue weighted by Crippen LogP contribution is -2.50. The summed E-state index contributed by atoms with van der Waals surface area (Å²) < 4.78 is 5.05. The van der Waals surface area contributed by atoms with Gasteiger partial charge in [-0.2, -0.15) is 0 Å². The average molecular weight is 349 g/mol. The molecule has 5 nitrogen and oxygen atoms in total.